The van der Waals surface area contributed by atoms with Gasteiger partial charge in [-0.3, -0.25) is 0 Å². The van der Waals surface area contributed by atoms with Gasteiger partial charge in [0.05, 0.1) is 6.04 Å². The molecule has 0 radical (unpaired) electrons. The molecule has 0 saturated heterocycles. The molecule has 2 aromatic rings. The Bertz CT molecular complexity index is 571. The Labute approximate surface area is 132 Å². The summed E-state index contributed by atoms with van der Waals surface area (Å²) in [5.41, 5.74) is 2.12. The SMILES string of the molecule is CCCNC(c1ccc(Cl)cc1)c1ccc(F)cc1Br. The van der Waals surface area contributed by atoms with Crippen molar-refractivity contribution in [1.29, 1.82) is 0 Å². The van der Waals surface area contributed by atoms with Gasteiger partial charge < -0.3 is 5.32 Å². The molecule has 0 saturated carbocycles. The van der Waals surface area contributed by atoms with E-state index in [1.165, 1.54) is 12.1 Å². The second-order valence-electron chi connectivity index (χ2n) is 4.60. The summed E-state index contributed by atoms with van der Waals surface area (Å²) < 4.78 is 14.0. The number of rotatable bonds is 5. The highest BCUT2D eigenvalue weighted by Gasteiger charge is 2.16. The van der Waals surface area contributed by atoms with Crippen molar-refractivity contribution >= 4 is 27.5 Å². The maximum Gasteiger partial charge on any atom is 0.124 e. The van der Waals surface area contributed by atoms with E-state index >= 15 is 0 Å². The first-order valence-electron chi connectivity index (χ1n) is 6.55. The van der Waals surface area contributed by atoms with Gasteiger partial charge in [-0.15, -0.1) is 0 Å². The normalized spacial score (nSPS) is 12.4. The largest absolute Gasteiger partial charge is 0.306 e. The van der Waals surface area contributed by atoms with Crippen molar-refractivity contribution in [2.75, 3.05) is 6.54 Å². The van der Waals surface area contributed by atoms with Crippen molar-refractivity contribution in [3.05, 3.63) is 68.9 Å². The molecule has 1 nitrogen and oxygen atoms in total. The fourth-order valence-electron chi connectivity index (χ4n) is 2.09. The van der Waals surface area contributed by atoms with E-state index in [0.717, 1.165) is 28.6 Å². The molecule has 0 amide bonds. The third-order valence-electron chi connectivity index (χ3n) is 3.08. The standard InChI is InChI=1S/C16H16BrClFN/c1-2-9-20-16(11-3-5-12(18)6-4-11)14-8-7-13(19)10-15(14)17/h3-8,10,16,20H,2,9H2,1H3. The molecule has 0 heterocycles. The lowest BCUT2D eigenvalue weighted by Gasteiger charge is -2.21. The van der Waals surface area contributed by atoms with Crippen molar-refractivity contribution < 1.29 is 4.39 Å². The molecule has 1 atom stereocenters. The maximum atomic E-state index is 13.3. The maximum absolute atomic E-state index is 13.3. The lowest BCUT2D eigenvalue weighted by molar-refractivity contribution is 0.590. The molecule has 2 rings (SSSR count). The topological polar surface area (TPSA) is 12.0 Å². The van der Waals surface area contributed by atoms with Crippen molar-refractivity contribution in [2.24, 2.45) is 0 Å². The van der Waals surface area contributed by atoms with E-state index in [2.05, 4.69) is 28.2 Å². The van der Waals surface area contributed by atoms with Gasteiger partial charge >= 0.3 is 0 Å². The van der Waals surface area contributed by atoms with Crippen LogP contribution in [0.5, 0.6) is 0 Å². The van der Waals surface area contributed by atoms with Crippen LogP contribution in [0.3, 0.4) is 0 Å². The molecule has 2 aromatic carbocycles. The Balaban J connectivity index is 2.38. The van der Waals surface area contributed by atoms with E-state index in [1.54, 1.807) is 6.07 Å². The number of benzene rings is 2. The van der Waals surface area contributed by atoms with Crippen LogP contribution in [0.2, 0.25) is 5.02 Å². The third kappa shape index (κ3) is 3.81. The molecular formula is C16H16BrClFN. The second kappa shape index (κ2) is 7.21. The highest BCUT2D eigenvalue weighted by molar-refractivity contribution is 9.10. The minimum atomic E-state index is -0.244. The van der Waals surface area contributed by atoms with Gasteiger partial charge in [0.1, 0.15) is 5.82 Å². The van der Waals surface area contributed by atoms with Gasteiger partial charge in [-0.2, -0.15) is 0 Å². The van der Waals surface area contributed by atoms with Crippen LogP contribution in [-0.4, -0.2) is 6.54 Å². The summed E-state index contributed by atoms with van der Waals surface area (Å²) in [4.78, 5) is 0. The zero-order valence-corrected chi connectivity index (χ0v) is 13.5. The average molecular weight is 357 g/mol. The molecular weight excluding hydrogens is 341 g/mol. The predicted octanol–water partition coefficient (Wildman–Crippen LogP) is 5.33. The minimum Gasteiger partial charge on any atom is -0.306 e. The van der Waals surface area contributed by atoms with E-state index in [-0.39, 0.29) is 11.9 Å². The fraction of sp³-hybridized carbons (Fsp3) is 0.250. The second-order valence-corrected chi connectivity index (χ2v) is 5.90. The summed E-state index contributed by atoms with van der Waals surface area (Å²) in [6.45, 7) is 3.00. The van der Waals surface area contributed by atoms with Gasteiger partial charge in [-0.05, 0) is 48.4 Å². The van der Waals surface area contributed by atoms with E-state index < -0.39 is 0 Å². The van der Waals surface area contributed by atoms with E-state index in [9.17, 15) is 4.39 Å². The molecule has 1 N–H and O–H groups in total. The first-order valence-corrected chi connectivity index (χ1v) is 7.72. The highest BCUT2D eigenvalue weighted by Crippen LogP contribution is 2.30. The molecule has 20 heavy (non-hydrogen) atoms. The molecule has 0 aromatic heterocycles. The van der Waals surface area contributed by atoms with E-state index in [1.807, 2.05) is 24.3 Å². The Morgan fingerprint density at radius 1 is 1.20 bits per heavy atom. The van der Waals surface area contributed by atoms with Crippen LogP contribution in [0.1, 0.15) is 30.5 Å². The van der Waals surface area contributed by atoms with Gasteiger partial charge in [0, 0.05) is 9.50 Å². The monoisotopic (exact) mass is 355 g/mol. The molecule has 106 valence electrons. The number of hydrogen-bond acceptors (Lipinski definition) is 1. The Morgan fingerprint density at radius 2 is 1.90 bits per heavy atom. The first kappa shape index (κ1) is 15.5. The number of nitrogens with one attached hydrogen (secondary N) is 1. The van der Waals surface area contributed by atoms with Gasteiger partial charge in [-0.1, -0.05) is 52.7 Å². The van der Waals surface area contributed by atoms with Crippen molar-refractivity contribution in [2.45, 2.75) is 19.4 Å². The van der Waals surface area contributed by atoms with E-state index in [0.29, 0.717) is 5.02 Å². The summed E-state index contributed by atoms with van der Waals surface area (Å²) in [6, 6.07) is 12.5. The van der Waals surface area contributed by atoms with Crippen molar-refractivity contribution in [3.63, 3.8) is 0 Å². The van der Waals surface area contributed by atoms with Gasteiger partial charge in [-0.25, -0.2) is 4.39 Å². The summed E-state index contributed by atoms with van der Waals surface area (Å²) in [6.07, 6.45) is 1.03. The lowest BCUT2D eigenvalue weighted by Crippen LogP contribution is -2.23. The third-order valence-corrected chi connectivity index (χ3v) is 4.01. The quantitative estimate of drug-likeness (QED) is 0.763. The van der Waals surface area contributed by atoms with Gasteiger partial charge in [0.2, 0.25) is 0 Å². The zero-order chi connectivity index (χ0) is 14.5. The first-order chi connectivity index (χ1) is 9.61. The van der Waals surface area contributed by atoms with Crippen LogP contribution in [0, 0.1) is 5.82 Å². The minimum absolute atomic E-state index is 0.0159. The summed E-state index contributed by atoms with van der Waals surface area (Å²) in [5, 5.41) is 4.20. The van der Waals surface area contributed by atoms with Crippen molar-refractivity contribution in [1.82, 2.24) is 5.32 Å². The predicted molar refractivity (Wildman–Crippen MR) is 85.7 cm³/mol. The molecule has 4 heteroatoms. The molecule has 1 unspecified atom stereocenters. The average Bonchev–Trinajstić information content (AvgIpc) is 2.42. The molecule has 0 fully saturated rings. The molecule has 0 bridgehead atoms. The Hall–Kier alpha value is -0.900. The highest BCUT2D eigenvalue weighted by atomic mass is 79.9. The van der Waals surface area contributed by atoms with Crippen LogP contribution in [0.4, 0.5) is 4.39 Å². The summed E-state index contributed by atoms with van der Waals surface area (Å²) in [7, 11) is 0. The molecule has 0 aliphatic carbocycles. The summed E-state index contributed by atoms with van der Waals surface area (Å²) in [5.74, 6) is -0.244. The number of hydrogen-bond donors (Lipinski definition) is 1. The van der Waals surface area contributed by atoms with Crippen LogP contribution in [0.25, 0.3) is 0 Å². The van der Waals surface area contributed by atoms with Crippen LogP contribution >= 0.6 is 27.5 Å². The molecule has 0 aliphatic heterocycles. The van der Waals surface area contributed by atoms with E-state index in [4.69, 9.17) is 11.6 Å². The van der Waals surface area contributed by atoms with Gasteiger partial charge in [0.25, 0.3) is 0 Å². The van der Waals surface area contributed by atoms with Gasteiger partial charge in [0.15, 0.2) is 0 Å². The zero-order valence-electron chi connectivity index (χ0n) is 11.2. The Kier molecular flexibility index (Phi) is 5.58. The number of halogens is 3. The van der Waals surface area contributed by atoms with Crippen LogP contribution in [-0.2, 0) is 0 Å². The lowest BCUT2D eigenvalue weighted by atomic mass is 9.98. The van der Waals surface area contributed by atoms with Crippen molar-refractivity contribution in [3.8, 4) is 0 Å². The Morgan fingerprint density at radius 3 is 2.50 bits per heavy atom. The van der Waals surface area contributed by atoms with Crippen LogP contribution < -0.4 is 5.32 Å². The summed E-state index contributed by atoms with van der Waals surface area (Å²) >= 11 is 9.38. The smallest absolute Gasteiger partial charge is 0.124 e. The molecule has 0 spiro atoms. The fourth-order valence-corrected chi connectivity index (χ4v) is 2.79. The molecule has 0 aliphatic rings. The van der Waals surface area contributed by atoms with Crippen LogP contribution in [0.15, 0.2) is 46.9 Å².